The lowest BCUT2D eigenvalue weighted by Crippen LogP contribution is -2.25. The van der Waals surface area contributed by atoms with Crippen LogP contribution in [-0.4, -0.2) is 18.3 Å². The van der Waals surface area contributed by atoms with Crippen molar-refractivity contribution >= 4 is 33.4 Å². The molecule has 0 fully saturated rings. The fraction of sp³-hybridized carbons (Fsp3) is 0.500. The van der Waals surface area contributed by atoms with Crippen molar-refractivity contribution in [1.82, 2.24) is 5.32 Å². The van der Waals surface area contributed by atoms with Crippen molar-refractivity contribution in [2.45, 2.75) is 26.7 Å². The minimum absolute atomic E-state index is 0.0240. The third-order valence-electron chi connectivity index (χ3n) is 2.86. The minimum atomic E-state index is -0.0240. The van der Waals surface area contributed by atoms with Gasteiger partial charge in [-0.25, -0.2) is 0 Å². The van der Waals surface area contributed by atoms with Crippen molar-refractivity contribution in [3.05, 3.63) is 33.8 Å². The van der Waals surface area contributed by atoms with Crippen LogP contribution >= 0.6 is 27.5 Å². The summed E-state index contributed by atoms with van der Waals surface area (Å²) in [6.45, 7) is 4.79. The maximum absolute atomic E-state index is 12.0. The topological polar surface area (TPSA) is 29.1 Å². The molecule has 1 aromatic rings. The van der Waals surface area contributed by atoms with Crippen LogP contribution in [0.2, 0.25) is 0 Å². The first kappa shape index (κ1) is 15.5. The number of aryl methyl sites for hydroxylation is 1. The van der Waals surface area contributed by atoms with Crippen LogP contribution < -0.4 is 5.32 Å². The van der Waals surface area contributed by atoms with Crippen molar-refractivity contribution in [2.75, 3.05) is 12.4 Å². The van der Waals surface area contributed by atoms with Crippen molar-refractivity contribution in [3.8, 4) is 0 Å². The van der Waals surface area contributed by atoms with Crippen LogP contribution in [0.25, 0.3) is 0 Å². The SMILES string of the molecule is Cc1cccc(C(=O)NCCCC(C)CCl)c1Br. The Morgan fingerprint density at radius 3 is 2.89 bits per heavy atom. The summed E-state index contributed by atoms with van der Waals surface area (Å²) in [5, 5.41) is 2.93. The van der Waals surface area contributed by atoms with Crippen LogP contribution in [0.5, 0.6) is 0 Å². The molecule has 0 heterocycles. The zero-order chi connectivity index (χ0) is 13.5. The summed E-state index contributed by atoms with van der Waals surface area (Å²) in [7, 11) is 0. The molecule has 1 atom stereocenters. The Morgan fingerprint density at radius 2 is 2.22 bits per heavy atom. The highest BCUT2D eigenvalue weighted by Gasteiger charge is 2.10. The Balaban J connectivity index is 2.44. The molecule has 2 nitrogen and oxygen atoms in total. The molecule has 0 spiro atoms. The summed E-state index contributed by atoms with van der Waals surface area (Å²) in [6.07, 6.45) is 2.00. The minimum Gasteiger partial charge on any atom is -0.352 e. The van der Waals surface area contributed by atoms with Gasteiger partial charge in [-0.3, -0.25) is 4.79 Å². The van der Waals surface area contributed by atoms with Gasteiger partial charge in [0, 0.05) is 16.9 Å². The first-order chi connectivity index (χ1) is 8.56. The smallest absolute Gasteiger partial charge is 0.252 e. The molecule has 0 aliphatic carbocycles. The Bertz CT molecular complexity index is 409. The van der Waals surface area contributed by atoms with E-state index in [4.69, 9.17) is 11.6 Å². The number of carbonyl (C=O) groups excluding carboxylic acids is 1. The summed E-state index contributed by atoms with van der Waals surface area (Å²) >= 11 is 9.18. The lowest BCUT2D eigenvalue weighted by molar-refractivity contribution is 0.0951. The van der Waals surface area contributed by atoms with Crippen molar-refractivity contribution in [1.29, 1.82) is 0 Å². The van der Waals surface area contributed by atoms with Gasteiger partial charge in [0.05, 0.1) is 5.56 Å². The second-order valence-electron chi connectivity index (χ2n) is 4.59. The van der Waals surface area contributed by atoms with Crippen LogP contribution in [0.1, 0.15) is 35.7 Å². The van der Waals surface area contributed by atoms with Gasteiger partial charge in [-0.1, -0.05) is 19.1 Å². The number of alkyl halides is 1. The zero-order valence-electron chi connectivity index (χ0n) is 10.8. The van der Waals surface area contributed by atoms with Gasteiger partial charge in [0.15, 0.2) is 0 Å². The number of hydrogen-bond donors (Lipinski definition) is 1. The van der Waals surface area contributed by atoms with Gasteiger partial charge < -0.3 is 5.32 Å². The lowest BCUT2D eigenvalue weighted by atomic mass is 10.1. The van der Waals surface area contributed by atoms with E-state index in [2.05, 4.69) is 28.2 Å². The molecule has 100 valence electrons. The molecular formula is C14H19BrClNO. The molecule has 1 unspecified atom stereocenters. The third kappa shape index (κ3) is 4.62. The summed E-state index contributed by atoms with van der Waals surface area (Å²) < 4.78 is 0.872. The van der Waals surface area contributed by atoms with Gasteiger partial charge in [-0.2, -0.15) is 0 Å². The Morgan fingerprint density at radius 1 is 1.50 bits per heavy atom. The van der Waals surface area contributed by atoms with Gasteiger partial charge in [-0.05, 0) is 53.2 Å². The monoisotopic (exact) mass is 331 g/mol. The number of amides is 1. The molecule has 1 amide bonds. The first-order valence-corrected chi connectivity index (χ1v) is 7.48. The Kier molecular flexibility index (Phi) is 6.72. The quantitative estimate of drug-likeness (QED) is 0.615. The van der Waals surface area contributed by atoms with Crippen LogP contribution in [0, 0.1) is 12.8 Å². The molecule has 0 saturated carbocycles. The van der Waals surface area contributed by atoms with Gasteiger partial charge in [0.2, 0.25) is 0 Å². The number of benzene rings is 1. The number of rotatable bonds is 6. The highest BCUT2D eigenvalue weighted by molar-refractivity contribution is 9.10. The van der Waals surface area contributed by atoms with Crippen molar-refractivity contribution in [2.24, 2.45) is 5.92 Å². The average molecular weight is 333 g/mol. The van der Waals surface area contributed by atoms with Gasteiger partial charge >= 0.3 is 0 Å². The molecule has 0 bridgehead atoms. The molecule has 18 heavy (non-hydrogen) atoms. The van der Waals surface area contributed by atoms with Gasteiger partial charge in [-0.15, -0.1) is 11.6 Å². The van der Waals surface area contributed by atoms with E-state index in [-0.39, 0.29) is 5.91 Å². The first-order valence-electron chi connectivity index (χ1n) is 6.15. The largest absolute Gasteiger partial charge is 0.352 e. The van der Waals surface area contributed by atoms with E-state index in [1.54, 1.807) is 0 Å². The zero-order valence-corrected chi connectivity index (χ0v) is 13.1. The molecule has 4 heteroatoms. The number of halogens is 2. The fourth-order valence-corrected chi connectivity index (χ4v) is 2.25. The summed E-state index contributed by atoms with van der Waals surface area (Å²) in [4.78, 5) is 12.0. The molecule has 0 radical (unpaired) electrons. The second-order valence-corrected chi connectivity index (χ2v) is 5.70. The molecule has 0 aromatic heterocycles. The van der Waals surface area contributed by atoms with E-state index >= 15 is 0 Å². The van der Waals surface area contributed by atoms with Crippen LogP contribution in [0.15, 0.2) is 22.7 Å². The number of nitrogens with one attached hydrogen (secondary N) is 1. The molecule has 1 N–H and O–H groups in total. The highest BCUT2D eigenvalue weighted by atomic mass is 79.9. The summed E-state index contributed by atoms with van der Waals surface area (Å²) in [5.74, 6) is 1.16. The molecule has 1 aromatic carbocycles. The van der Waals surface area contributed by atoms with Crippen molar-refractivity contribution < 1.29 is 4.79 Å². The highest BCUT2D eigenvalue weighted by Crippen LogP contribution is 2.20. The summed E-state index contributed by atoms with van der Waals surface area (Å²) in [5.41, 5.74) is 1.76. The molecule has 1 rings (SSSR count). The lowest BCUT2D eigenvalue weighted by Gasteiger charge is -2.10. The summed E-state index contributed by atoms with van der Waals surface area (Å²) in [6, 6.07) is 5.70. The van der Waals surface area contributed by atoms with E-state index in [0.717, 1.165) is 22.9 Å². The maximum atomic E-state index is 12.0. The van der Waals surface area contributed by atoms with Crippen LogP contribution in [0.3, 0.4) is 0 Å². The molecule has 0 aliphatic heterocycles. The Labute approximate surface area is 122 Å². The van der Waals surface area contributed by atoms with Crippen molar-refractivity contribution in [3.63, 3.8) is 0 Å². The van der Waals surface area contributed by atoms with E-state index in [1.807, 2.05) is 25.1 Å². The molecular weight excluding hydrogens is 314 g/mol. The Hall–Kier alpha value is -0.540. The number of carbonyl (C=O) groups is 1. The van der Waals surface area contributed by atoms with E-state index in [9.17, 15) is 4.79 Å². The van der Waals surface area contributed by atoms with E-state index in [0.29, 0.717) is 23.9 Å². The van der Waals surface area contributed by atoms with E-state index < -0.39 is 0 Å². The van der Waals surface area contributed by atoms with Crippen LogP contribution in [-0.2, 0) is 0 Å². The maximum Gasteiger partial charge on any atom is 0.252 e. The number of hydrogen-bond acceptors (Lipinski definition) is 1. The second kappa shape index (κ2) is 7.80. The van der Waals surface area contributed by atoms with Gasteiger partial charge in [0.1, 0.15) is 0 Å². The van der Waals surface area contributed by atoms with Gasteiger partial charge in [0.25, 0.3) is 5.91 Å². The van der Waals surface area contributed by atoms with Crippen LogP contribution in [0.4, 0.5) is 0 Å². The molecule has 0 aliphatic rings. The average Bonchev–Trinajstić information content (AvgIpc) is 2.37. The fourth-order valence-electron chi connectivity index (χ4n) is 1.65. The predicted molar refractivity (Wildman–Crippen MR) is 80.3 cm³/mol. The molecule has 0 saturated heterocycles. The van der Waals surface area contributed by atoms with E-state index in [1.165, 1.54) is 0 Å². The standard InChI is InChI=1S/C14H19BrClNO/c1-10(9-16)5-4-8-17-14(18)12-7-3-6-11(2)13(12)15/h3,6-7,10H,4-5,8-9H2,1-2H3,(H,17,18). The third-order valence-corrected chi connectivity index (χ3v) is 4.44. The normalized spacial score (nSPS) is 12.2. The predicted octanol–water partition coefficient (Wildman–Crippen LogP) is 4.14.